The van der Waals surface area contributed by atoms with E-state index in [-0.39, 0.29) is 6.10 Å². The lowest BCUT2D eigenvalue weighted by molar-refractivity contribution is 0.0979. The molecule has 1 heterocycles. The molecule has 0 aromatic heterocycles. The molecule has 1 fully saturated rings. The number of piperidine rings is 1. The predicted octanol–water partition coefficient (Wildman–Crippen LogP) is 1.59. The molecule has 1 rings (SSSR count). The molecule has 1 saturated heterocycles. The van der Waals surface area contributed by atoms with E-state index in [1.165, 1.54) is 25.9 Å². The van der Waals surface area contributed by atoms with Crippen molar-refractivity contribution in [2.24, 2.45) is 5.92 Å². The quantitative estimate of drug-likeness (QED) is 0.685. The molecule has 0 bridgehead atoms. The van der Waals surface area contributed by atoms with Gasteiger partial charge in [-0.05, 0) is 52.2 Å². The van der Waals surface area contributed by atoms with Crippen molar-refractivity contribution in [1.82, 2.24) is 9.80 Å². The zero-order chi connectivity index (χ0) is 12.7. The van der Waals surface area contributed by atoms with Crippen LogP contribution in [0.1, 0.15) is 25.7 Å². The van der Waals surface area contributed by atoms with Gasteiger partial charge in [0.15, 0.2) is 0 Å². The predicted molar refractivity (Wildman–Crippen MR) is 73.2 cm³/mol. The first-order valence-corrected chi connectivity index (χ1v) is 6.78. The van der Waals surface area contributed by atoms with Gasteiger partial charge < -0.3 is 14.9 Å². The molecule has 1 aliphatic rings. The first kappa shape index (κ1) is 14.7. The summed E-state index contributed by atoms with van der Waals surface area (Å²) in [5.41, 5.74) is 0. The number of aliphatic hydroxyl groups is 1. The van der Waals surface area contributed by atoms with E-state index in [1.807, 2.05) is 6.08 Å². The van der Waals surface area contributed by atoms with Crippen LogP contribution >= 0.6 is 0 Å². The Kier molecular flexibility index (Phi) is 6.78. The van der Waals surface area contributed by atoms with Crippen molar-refractivity contribution in [3.8, 4) is 0 Å². The maximum absolute atomic E-state index is 9.83. The summed E-state index contributed by atoms with van der Waals surface area (Å²) >= 11 is 0. The Labute approximate surface area is 106 Å². The maximum Gasteiger partial charge on any atom is 0.0670 e. The van der Waals surface area contributed by atoms with Gasteiger partial charge in [-0.3, -0.25) is 0 Å². The Morgan fingerprint density at radius 3 is 3.00 bits per heavy atom. The van der Waals surface area contributed by atoms with E-state index in [0.717, 1.165) is 31.8 Å². The van der Waals surface area contributed by atoms with Crippen LogP contribution in [-0.4, -0.2) is 61.3 Å². The van der Waals surface area contributed by atoms with E-state index in [4.69, 9.17) is 0 Å². The molecule has 0 aliphatic carbocycles. The van der Waals surface area contributed by atoms with E-state index in [1.54, 1.807) is 0 Å². The van der Waals surface area contributed by atoms with Gasteiger partial charge in [0.1, 0.15) is 0 Å². The summed E-state index contributed by atoms with van der Waals surface area (Å²) in [5, 5.41) is 9.83. The van der Waals surface area contributed by atoms with Crippen LogP contribution in [0.3, 0.4) is 0 Å². The number of aliphatic hydroxyl groups excluding tert-OH is 1. The van der Waals surface area contributed by atoms with Crippen LogP contribution in [0.2, 0.25) is 0 Å². The van der Waals surface area contributed by atoms with Crippen LogP contribution < -0.4 is 0 Å². The molecule has 2 atom stereocenters. The monoisotopic (exact) mass is 240 g/mol. The van der Waals surface area contributed by atoms with Crippen molar-refractivity contribution in [2.75, 3.05) is 40.3 Å². The molecule has 0 radical (unpaired) electrons. The van der Waals surface area contributed by atoms with Crippen LogP contribution in [0, 0.1) is 5.92 Å². The van der Waals surface area contributed by atoms with Crippen molar-refractivity contribution < 1.29 is 5.11 Å². The van der Waals surface area contributed by atoms with Gasteiger partial charge in [-0.15, -0.1) is 6.58 Å². The molecule has 1 aliphatic heterocycles. The smallest absolute Gasteiger partial charge is 0.0670 e. The molecule has 0 saturated carbocycles. The zero-order valence-corrected chi connectivity index (χ0v) is 11.4. The Morgan fingerprint density at radius 2 is 2.35 bits per heavy atom. The molecule has 0 spiro atoms. The van der Waals surface area contributed by atoms with Gasteiger partial charge in [-0.25, -0.2) is 0 Å². The van der Waals surface area contributed by atoms with Gasteiger partial charge >= 0.3 is 0 Å². The highest BCUT2D eigenvalue weighted by molar-refractivity contribution is 4.75. The summed E-state index contributed by atoms with van der Waals surface area (Å²) in [7, 11) is 4.32. The van der Waals surface area contributed by atoms with E-state index in [9.17, 15) is 5.11 Å². The number of likely N-dealkylation sites (tertiary alicyclic amines) is 1. The average molecular weight is 240 g/mol. The summed E-state index contributed by atoms with van der Waals surface area (Å²) < 4.78 is 0. The third kappa shape index (κ3) is 6.20. The second kappa shape index (κ2) is 7.85. The Bertz CT molecular complexity index is 220. The first-order chi connectivity index (χ1) is 8.11. The van der Waals surface area contributed by atoms with E-state index in [2.05, 4.69) is 30.5 Å². The highest BCUT2D eigenvalue weighted by Gasteiger charge is 2.19. The molecular formula is C14H28N2O. The summed E-state index contributed by atoms with van der Waals surface area (Å²) in [6, 6.07) is 0. The Balaban J connectivity index is 2.18. The van der Waals surface area contributed by atoms with Gasteiger partial charge in [0.05, 0.1) is 6.10 Å². The first-order valence-electron chi connectivity index (χ1n) is 6.78. The summed E-state index contributed by atoms with van der Waals surface area (Å²) in [6.45, 7) is 8.02. The van der Waals surface area contributed by atoms with Crippen LogP contribution in [-0.2, 0) is 0 Å². The van der Waals surface area contributed by atoms with E-state index in [0.29, 0.717) is 0 Å². The minimum Gasteiger partial charge on any atom is -0.392 e. The van der Waals surface area contributed by atoms with E-state index >= 15 is 0 Å². The topological polar surface area (TPSA) is 26.7 Å². The fourth-order valence-corrected chi connectivity index (χ4v) is 2.70. The number of hydrogen-bond acceptors (Lipinski definition) is 3. The number of allylic oxidation sites excluding steroid dienone is 1. The number of hydrogen-bond donors (Lipinski definition) is 1. The maximum atomic E-state index is 9.83. The van der Waals surface area contributed by atoms with Crippen LogP contribution in [0.25, 0.3) is 0 Å². The van der Waals surface area contributed by atoms with Crippen LogP contribution in [0.4, 0.5) is 0 Å². The summed E-state index contributed by atoms with van der Waals surface area (Å²) in [5.74, 6) is 0.769. The molecule has 0 aromatic carbocycles. The fraction of sp³-hybridized carbons (Fsp3) is 0.857. The number of nitrogens with zero attached hydrogens (tertiary/aromatic N) is 2. The normalized spacial score (nSPS) is 23.9. The van der Waals surface area contributed by atoms with Crippen molar-refractivity contribution in [3.05, 3.63) is 12.7 Å². The van der Waals surface area contributed by atoms with Crippen LogP contribution in [0.5, 0.6) is 0 Å². The average Bonchev–Trinajstić information content (AvgIpc) is 2.26. The largest absolute Gasteiger partial charge is 0.392 e. The highest BCUT2D eigenvalue weighted by Crippen LogP contribution is 2.16. The molecule has 17 heavy (non-hydrogen) atoms. The summed E-state index contributed by atoms with van der Waals surface area (Å²) in [6.07, 6.45) is 6.05. The van der Waals surface area contributed by atoms with Crippen molar-refractivity contribution in [2.45, 2.75) is 31.8 Å². The molecular weight excluding hydrogens is 212 g/mol. The minimum atomic E-state index is -0.209. The molecule has 3 heteroatoms. The lowest BCUT2D eigenvalue weighted by atomic mass is 9.98. The van der Waals surface area contributed by atoms with Crippen molar-refractivity contribution in [1.29, 1.82) is 0 Å². The van der Waals surface area contributed by atoms with Gasteiger partial charge in [0.25, 0.3) is 0 Å². The minimum absolute atomic E-state index is 0.209. The molecule has 100 valence electrons. The molecule has 0 amide bonds. The van der Waals surface area contributed by atoms with Gasteiger partial charge in [-0.2, -0.15) is 0 Å². The van der Waals surface area contributed by atoms with Crippen LogP contribution in [0.15, 0.2) is 12.7 Å². The standard InChI is InChI=1S/C14H28N2O/c1-4-5-8-14(17)12-16(3)11-13-7-6-9-15(2)10-13/h4,13-14,17H,1,5-12H2,2-3H3. The van der Waals surface area contributed by atoms with Gasteiger partial charge in [0, 0.05) is 19.6 Å². The number of rotatable bonds is 7. The van der Waals surface area contributed by atoms with E-state index < -0.39 is 0 Å². The second-order valence-corrected chi connectivity index (χ2v) is 5.51. The molecule has 1 N–H and O–H groups in total. The van der Waals surface area contributed by atoms with Crippen molar-refractivity contribution in [3.63, 3.8) is 0 Å². The second-order valence-electron chi connectivity index (χ2n) is 5.51. The van der Waals surface area contributed by atoms with Crippen molar-refractivity contribution >= 4 is 0 Å². The fourth-order valence-electron chi connectivity index (χ4n) is 2.70. The Morgan fingerprint density at radius 1 is 1.59 bits per heavy atom. The third-order valence-corrected chi connectivity index (χ3v) is 3.52. The zero-order valence-electron chi connectivity index (χ0n) is 11.4. The molecule has 0 aromatic rings. The summed E-state index contributed by atoms with van der Waals surface area (Å²) in [4.78, 5) is 4.69. The Hall–Kier alpha value is -0.380. The SMILES string of the molecule is C=CCCC(O)CN(C)CC1CCCN(C)C1. The highest BCUT2D eigenvalue weighted by atomic mass is 16.3. The lowest BCUT2D eigenvalue weighted by Crippen LogP contribution is -2.40. The lowest BCUT2D eigenvalue weighted by Gasteiger charge is -2.33. The molecule has 2 unspecified atom stereocenters. The number of likely N-dealkylation sites (N-methyl/N-ethyl adjacent to an activating group) is 1. The molecule has 3 nitrogen and oxygen atoms in total. The van der Waals surface area contributed by atoms with Gasteiger partial charge in [0.2, 0.25) is 0 Å². The van der Waals surface area contributed by atoms with Gasteiger partial charge in [-0.1, -0.05) is 6.08 Å². The third-order valence-electron chi connectivity index (χ3n) is 3.52.